The molecule has 0 unspecified atom stereocenters. The largest absolute Gasteiger partial charge is 0.352 e. The van der Waals surface area contributed by atoms with Crippen molar-refractivity contribution in [1.29, 1.82) is 0 Å². The number of hydrogen-bond acceptors (Lipinski definition) is 3. The molecule has 0 fully saturated rings. The van der Waals surface area contributed by atoms with E-state index in [1.54, 1.807) is 16.7 Å². The van der Waals surface area contributed by atoms with Crippen molar-refractivity contribution in [1.82, 2.24) is 10.2 Å². The Morgan fingerprint density at radius 3 is 2.29 bits per heavy atom. The van der Waals surface area contributed by atoms with Crippen molar-refractivity contribution in [2.45, 2.75) is 57.1 Å². The highest BCUT2D eigenvalue weighted by atomic mass is 35.5. The van der Waals surface area contributed by atoms with Gasteiger partial charge in [0.25, 0.3) is 0 Å². The first kappa shape index (κ1) is 26.8. The molecule has 2 amide bonds. The molecule has 3 rings (SSSR count). The van der Waals surface area contributed by atoms with Crippen LogP contribution in [0.3, 0.4) is 0 Å². The summed E-state index contributed by atoms with van der Waals surface area (Å²) in [6, 6.07) is 24.9. The fourth-order valence-corrected chi connectivity index (χ4v) is 4.85. The van der Waals surface area contributed by atoms with E-state index >= 15 is 0 Å². The van der Waals surface area contributed by atoms with Gasteiger partial charge >= 0.3 is 0 Å². The van der Waals surface area contributed by atoms with Crippen molar-refractivity contribution in [3.8, 4) is 0 Å². The maximum Gasteiger partial charge on any atom is 0.243 e. The topological polar surface area (TPSA) is 49.4 Å². The van der Waals surface area contributed by atoms with E-state index in [-0.39, 0.29) is 17.9 Å². The van der Waals surface area contributed by atoms with Crippen molar-refractivity contribution in [3.05, 3.63) is 101 Å². The molecule has 0 heterocycles. The minimum atomic E-state index is -0.629. The summed E-state index contributed by atoms with van der Waals surface area (Å²) in [7, 11) is 0. The Morgan fingerprint density at radius 2 is 1.63 bits per heavy atom. The molecule has 0 aliphatic carbocycles. The Hall–Kier alpha value is -2.76. The van der Waals surface area contributed by atoms with E-state index in [1.807, 2.05) is 68.4 Å². The monoisotopic (exact) mass is 508 g/mol. The van der Waals surface area contributed by atoms with E-state index in [0.717, 1.165) is 16.0 Å². The second kappa shape index (κ2) is 13.4. The van der Waals surface area contributed by atoms with Crippen LogP contribution < -0.4 is 5.32 Å². The van der Waals surface area contributed by atoms with Crippen LogP contribution >= 0.6 is 23.4 Å². The summed E-state index contributed by atoms with van der Waals surface area (Å²) < 4.78 is 0. The van der Waals surface area contributed by atoms with Gasteiger partial charge in [-0.05, 0) is 56.2 Å². The zero-order chi connectivity index (χ0) is 25.2. The number of halogens is 1. The number of carbonyl (C=O) groups excluding carboxylic acids is 2. The van der Waals surface area contributed by atoms with Crippen molar-refractivity contribution in [2.24, 2.45) is 0 Å². The Kier molecular flexibility index (Phi) is 10.2. The lowest BCUT2D eigenvalue weighted by molar-refractivity contribution is -0.141. The van der Waals surface area contributed by atoms with Gasteiger partial charge in [-0.3, -0.25) is 9.59 Å². The lowest BCUT2D eigenvalue weighted by atomic mass is 10.0. The number of thioether (sulfide) groups is 1. The van der Waals surface area contributed by atoms with E-state index in [2.05, 4.69) is 36.5 Å². The number of rotatable bonds is 11. The zero-order valence-electron chi connectivity index (χ0n) is 20.5. The predicted octanol–water partition coefficient (Wildman–Crippen LogP) is 6.30. The normalized spacial score (nSPS) is 11.8. The van der Waals surface area contributed by atoms with Gasteiger partial charge in [-0.1, -0.05) is 71.8 Å². The molecule has 0 spiro atoms. The van der Waals surface area contributed by atoms with E-state index < -0.39 is 6.04 Å². The van der Waals surface area contributed by atoms with Gasteiger partial charge < -0.3 is 10.2 Å². The summed E-state index contributed by atoms with van der Waals surface area (Å²) in [5, 5.41) is 3.63. The first-order valence-corrected chi connectivity index (χ1v) is 13.3. The molecular weight excluding hydrogens is 476 g/mol. The Labute approximate surface area is 218 Å². The number of hydrogen-bond donors (Lipinski definition) is 1. The van der Waals surface area contributed by atoms with Crippen LogP contribution in [0.15, 0.2) is 83.8 Å². The average Bonchev–Trinajstić information content (AvgIpc) is 2.82. The molecule has 4 nitrogen and oxygen atoms in total. The van der Waals surface area contributed by atoms with Crippen molar-refractivity contribution >= 4 is 35.2 Å². The Balaban J connectivity index is 1.84. The molecule has 0 aliphatic heterocycles. The summed E-state index contributed by atoms with van der Waals surface area (Å²) in [5.41, 5.74) is 3.11. The number of amides is 2. The number of aryl methyl sites for hydroxylation is 1. The van der Waals surface area contributed by atoms with E-state index in [1.165, 1.54) is 5.56 Å². The highest BCUT2D eigenvalue weighted by Gasteiger charge is 2.30. The van der Waals surface area contributed by atoms with Crippen LogP contribution in [0, 0.1) is 6.92 Å². The molecule has 184 valence electrons. The highest BCUT2D eigenvalue weighted by Crippen LogP contribution is 2.22. The fourth-order valence-electron chi connectivity index (χ4n) is 3.80. The zero-order valence-corrected chi connectivity index (χ0v) is 22.1. The van der Waals surface area contributed by atoms with Gasteiger partial charge in [-0.25, -0.2) is 0 Å². The molecule has 1 N–H and O–H groups in total. The highest BCUT2D eigenvalue weighted by molar-refractivity contribution is 7.99. The molecule has 35 heavy (non-hydrogen) atoms. The lowest BCUT2D eigenvalue weighted by Gasteiger charge is -2.32. The van der Waals surface area contributed by atoms with Crippen molar-refractivity contribution in [2.75, 3.05) is 5.75 Å². The molecule has 6 heteroatoms. The first-order valence-electron chi connectivity index (χ1n) is 11.9. The molecule has 0 bridgehead atoms. The van der Waals surface area contributed by atoms with Gasteiger partial charge in [-0.2, -0.15) is 0 Å². The van der Waals surface area contributed by atoms with Crippen LogP contribution in [-0.4, -0.2) is 34.6 Å². The van der Waals surface area contributed by atoms with Gasteiger partial charge in [0, 0.05) is 41.1 Å². The molecule has 3 aromatic carbocycles. The summed E-state index contributed by atoms with van der Waals surface area (Å²) in [4.78, 5) is 29.8. The number of nitrogens with zero attached hydrogens (tertiary/aromatic N) is 1. The van der Waals surface area contributed by atoms with Crippen LogP contribution in [0.5, 0.6) is 0 Å². The third kappa shape index (κ3) is 8.75. The first-order chi connectivity index (χ1) is 16.8. The van der Waals surface area contributed by atoms with E-state index in [4.69, 9.17) is 11.6 Å². The number of carbonyl (C=O) groups is 2. The van der Waals surface area contributed by atoms with Gasteiger partial charge in [0.1, 0.15) is 6.04 Å². The van der Waals surface area contributed by atoms with Crippen LogP contribution in [0.4, 0.5) is 0 Å². The second-order valence-corrected chi connectivity index (χ2v) is 10.5. The maximum absolute atomic E-state index is 13.6. The second-order valence-electron chi connectivity index (χ2n) is 8.93. The SMILES string of the molecule is Cc1ccc(SCCC(=O)N(Cc2cccc(Cl)c2)[C@H](Cc2ccccc2)C(=O)NC(C)C)cc1. The van der Waals surface area contributed by atoms with Gasteiger partial charge in [0.15, 0.2) is 0 Å². The smallest absolute Gasteiger partial charge is 0.243 e. The summed E-state index contributed by atoms with van der Waals surface area (Å²) in [5.74, 6) is 0.437. The average molecular weight is 509 g/mol. The maximum atomic E-state index is 13.6. The van der Waals surface area contributed by atoms with Gasteiger partial charge in [0.2, 0.25) is 11.8 Å². The minimum Gasteiger partial charge on any atom is -0.352 e. The van der Waals surface area contributed by atoms with Gasteiger partial charge in [0.05, 0.1) is 0 Å². The third-order valence-corrected chi connectivity index (χ3v) is 6.80. The fraction of sp³-hybridized carbons (Fsp3) is 0.310. The molecule has 0 saturated heterocycles. The standard InChI is InChI=1S/C29H33ClN2O2S/c1-21(2)31-29(34)27(19-23-8-5-4-6-9-23)32(20-24-10-7-11-25(30)18-24)28(33)16-17-35-26-14-12-22(3)13-15-26/h4-15,18,21,27H,16-17,19-20H2,1-3H3,(H,31,34)/t27-/m1/s1. The van der Waals surface area contributed by atoms with Crippen LogP contribution in [-0.2, 0) is 22.6 Å². The molecule has 0 saturated carbocycles. The molecular formula is C29H33ClN2O2S. The van der Waals surface area contributed by atoms with E-state index in [9.17, 15) is 9.59 Å². The summed E-state index contributed by atoms with van der Waals surface area (Å²) >= 11 is 7.87. The minimum absolute atomic E-state index is 0.0269. The van der Waals surface area contributed by atoms with Gasteiger partial charge in [-0.15, -0.1) is 11.8 Å². The molecule has 3 aromatic rings. The number of nitrogens with one attached hydrogen (secondary N) is 1. The lowest BCUT2D eigenvalue weighted by Crippen LogP contribution is -2.51. The Morgan fingerprint density at radius 1 is 0.943 bits per heavy atom. The predicted molar refractivity (Wildman–Crippen MR) is 146 cm³/mol. The summed E-state index contributed by atoms with van der Waals surface area (Å²) in [6.07, 6.45) is 0.774. The van der Waals surface area contributed by atoms with Crippen LogP contribution in [0.1, 0.15) is 37.0 Å². The quantitative estimate of drug-likeness (QED) is 0.309. The molecule has 0 aromatic heterocycles. The van der Waals surface area contributed by atoms with E-state index in [0.29, 0.717) is 30.2 Å². The van der Waals surface area contributed by atoms with Crippen LogP contribution in [0.2, 0.25) is 5.02 Å². The summed E-state index contributed by atoms with van der Waals surface area (Å²) in [6.45, 7) is 6.23. The van der Waals surface area contributed by atoms with Crippen molar-refractivity contribution < 1.29 is 9.59 Å². The molecule has 0 aliphatic rings. The number of benzene rings is 3. The van der Waals surface area contributed by atoms with Crippen LogP contribution in [0.25, 0.3) is 0 Å². The Bertz CT molecular complexity index is 1100. The molecule has 1 atom stereocenters. The third-order valence-electron chi connectivity index (χ3n) is 5.55. The molecule has 0 radical (unpaired) electrons. The van der Waals surface area contributed by atoms with Crippen molar-refractivity contribution in [3.63, 3.8) is 0 Å².